The van der Waals surface area contributed by atoms with E-state index in [9.17, 15) is 9.90 Å². The maximum absolute atomic E-state index is 12.7. The van der Waals surface area contributed by atoms with Crippen molar-refractivity contribution in [1.29, 1.82) is 0 Å². The first kappa shape index (κ1) is 22.5. The molecule has 2 N–H and O–H groups in total. The van der Waals surface area contributed by atoms with Crippen LogP contribution in [0.1, 0.15) is 71.6 Å². The molecule has 5 aliphatic rings. The van der Waals surface area contributed by atoms with E-state index in [1.165, 1.54) is 12.1 Å². The second-order valence-electron chi connectivity index (χ2n) is 11.2. The van der Waals surface area contributed by atoms with Gasteiger partial charge in [-0.05, 0) is 86.5 Å². The molecule has 0 aromatic carbocycles. The van der Waals surface area contributed by atoms with E-state index in [1.54, 1.807) is 0 Å². The Morgan fingerprint density at radius 3 is 2.73 bits per heavy atom. The van der Waals surface area contributed by atoms with Crippen LogP contribution in [-0.4, -0.2) is 42.4 Å². The van der Waals surface area contributed by atoms with Gasteiger partial charge in [0.2, 0.25) is 0 Å². The average Bonchev–Trinajstić information content (AvgIpc) is 3.34. The van der Waals surface area contributed by atoms with Crippen LogP contribution >= 0.6 is 12.4 Å². The molecule has 170 valence electrons. The highest BCUT2D eigenvalue weighted by atomic mass is 35.5. The van der Waals surface area contributed by atoms with E-state index < -0.39 is 0 Å². The molecule has 4 aliphatic carbocycles. The number of halogens is 1. The molecule has 8 atom stereocenters. The first-order chi connectivity index (χ1) is 14.0. The molecular formula is C24H39ClN2O3. The van der Waals surface area contributed by atoms with Gasteiger partial charge in [-0.3, -0.25) is 4.79 Å². The molecule has 6 heteroatoms. The minimum Gasteiger partial charge on any atom is -0.396 e. The van der Waals surface area contributed by atoms with E-state index in [0.717, 1.165) is 64.5 Å². The molecule has 4 saturated carbocycles. The lowest BCUT2D eigenvalue weighted by molar-refractivity contribution is -0.148. The van der Waals surface area contributed by atoms with E-state index in [4.69, 9.17) is 4.84 Å². The summed E-state index contributed by atoms with van der Waals surface area (Å²) in [5.74, 6) is 3.06. The third kappa shape index (κ3) is 3.44. The Bertz CT molecular complexity index is 694. The van der Waals surface area contributed by atoms with Crippen molar-refractivity contribution in [3.63, 3.8) is 0 Å². The molecule has 0 aromatic heterocycles. The summed E-state index contributed by atoms with van der Waals surface area (Å²) in [6, 6.07) is 0. The van der Waals surface area contributed by atoms with Crippen molar-refractivity contribution in [2.75, 3.05) is 19.7 Å². The summed E-state index contributed by atoms with van der Waals surface area (Å²) in [5, 5.41) is 18.3. The zero-order valence-corrected chi connectivity index (χ0v) is 19.4. The Kier molecular flexibility index (Phi) is 6.29. The summed E-state index contributed by atoms with van der Waals surface area (Å²) >= 11 is 0. The Labute approximate surface area is 187 Å². The number of hydrogen-bond acceptors (Lipinski definition) is 5. The predicted octanol–water partition coefficient (Wildman–Crippen LogP) is 3.97. The number of oxime groups is 1. The smallest absolute Gasteiger partial charge is 0.141 e. The molecular weight excluding hydrogens is 400 g/mol. The summed E-state index contributed by atoms with van der Waals surface area (Å²) in [6.45, 7) is 6.95. The van der Waals surface area contributed by atoms with Gasteiger partial charge in [-0.25, -0.2) is 0 Å². The third-order valence-corrected chi connectivity index (χ3v) is 9.97. The number of nitrogens with zero attached hydrogens (tertiary/aromatic N) is 1. The van der Waals surface area contributed by atoms with Crippen LogP contribution in [0.2, 0.25) is 0 Å². The number of carbonyl (C=O) groups excluding carboxylic acids is 1. The van der Waals surface area contributed by atoms with Gasteiger partial charge in [0.1, 0.15) is 11.9 Å². The van der Waals surface area contributed by atoms with E-state index >= 15 is 0 Å². The van der Waals surface area contributed by atoms with Crippen LogP contribution < -0.4 is 5.32 Å². The number of aliphatic hydroxyl groups excluding tert-OH is 1. The number of Topliss-reactive ketones (excluding diaryl/α,β-unsaturated/α-hetero) is 1. The second-order valence-corrected chi connectivity index (χ2v) is 11.2. The van der Waals surface area contributed by atoms with E-state index in [-0.39, 0.29) is 30.5 Å². The summed E-state index contributed by atoms with van der Waals surface area (Å²) in [6.07, 6.45) is 9.62. The first-order valence-corrected chi connectivity index (χ1v) is 12.0. The Hall–Kier alpha value is -0.650. The number of aliphatic hydroxyl groups is 1. The van der Waals surface area contributed by atoms with Crippen LogP contribution in [0.15, 0.2) is 5.16 Å². The summed E-state index contributed by atoms with van der Waals surface area (Å²) in [5.41, 5.74) is 1.42. The van der Waals surface area contributed by atoms with Gasteiger partial charge in [0.15, 0.2) is 0 Å². The second kappa shape index (κ2) is 8.37. The van der Waals surface area contributed by atoms with E-state index in [0.29, 0.717) is 40.8 Å². The highest BCUT2D eigenvalue weighted by molar-refractivity contribution is 5.87. The maximum atomic E-state index is 12.7. The van der Waals surface area contributed by atoms with E-state index in [2.05, 4.69) is 24.3 Å². The standard InChI is InChI=1S/C24H38N2O3.ClH/c1-23-8-5-17(26-29-18-7-10-25-13-18)12-16(23)11-15(14-27)22-19-3-4-21(28)24(19,2)9-6-20(22)23;/h15-16,18-20,22,25,27H,3-14H2,1-2H3;1H/t15-,16?,18+,19-,20-,22-,23-,24-;/m0./s1. The van der Waals surface area contributed by atoms with Crippen LogP contribution in [0.3, 0.4) is 0 Å². The molecule has 0 aromatic rings. The summed E-state index contributed by atoms with van der Waals surface area (Å²) in [4.78, 5) is 18.5. The minimum atomic E-state index is -0.123. The first-order valence-electron chi connectivity index (χ1n) is 12.0. The zero-order chi connectivity index (χ0) is 20.2. The minimum absolute atomic E-state index is 0. The summed E-state index contributed by atoms with van der Waals surface area (Å²) in [7, 11) is 0. The molecule has 5 rings (SSSR count). The Morgan fingerprint density at radius 1 is 1.17 bits per heavy atom. The number of ketones is 1. The average molecular weight is 439 g/mol. The van der Waals surface area contributed by atoms with Crippen molar-refractivity contribution in [2.24, 2.45) is 45.6 Å². The lowest BCUT2D eigenvalue weighted by atomic mass is 9.43. The van der Waals surface area contributed by atoms with Gasteiger partial charge in [0.05, 0.1) is 5.71 Å². The van der Waals surface area contributed by atoms with Gasteiger partial charge in [-0.1, -0.05) is 19.0 Å². The summed E-state index contributed by atoms with van der Waals surface area (Å²) < 4.78 is 0. The lowest BCUT2D eigenvalue weighted by Gasteiger charge is -2.61. The van der Waals surface area contributed by atoms with Gasteiger partial charge in [-0.15, -0.1) is 12.4 Å². The molecule has 1 saturated heterocycles. The molecule has 0 amide bonds. The van der Waals surface area contributed by atoms with Crippen molar-refractivity contribution in [2.45, 2.75) is 77.7 Å². The number of carbonyl (C=O) groups is 1. The zero-order valence-electron chi connectivity index (χ0n) is 18.6. The molecule has 5 fully saturated rings. The van der Waals surface area contributed by atoms with Crippen LogP contribution in [0.5, 0.6) is 0 Å². The fourth-order valence-corrected chi connectivity index (χ4v) is 8.14. The maximum Gasteiger partial charge on any atom is 0.141 e. The van der Waals surface area contributed by atoms with Crippen LogP contribution in [0, 0.1) is 40.4 Å². The molecule has 1 heterocycles. The third-order valence-electron chi connectivity index (χ3n) is 9.97. The van der Waals surface area contributed by atoms with Crippen LogP contribution in [0.4, 0.5) is 0 Å². The van der Waals surface area contributed by atoms with Crippen LogP contribution in [-0.2, 0) is 9.63 Å². The largest absolute Gasteiger partial charge is 0.396 e. The fraction of sp³-hybridized carbons (Fsp3) is 0.917. The van der Waals surface area contributed by atoms with Crippen molar-refractivity contribution >= 4 is 23.9 Å². The lowest BCUT2D eigenvalue weighted by Crippen LogP contribution is -2.57. The predicted molar refractivity (Wildman–Crippen MR) is 120 cm³/mol. The quantitative estimate of drug-likeness (QED) is 0.654. The topological polar surface area (TPSA) is 70.9 Å². The Balaban J connectivity index is 0.00000218. The van der Waals surface area contributed by atoms with Gasteiger partial charge < -0.3 is 15.3 Å². The highest BCUT2D eigenvalue weighted by Gasteiger charge is 2.62. The monoisotopic (exact) mass is 438 g/mol. The van der Waals surface area contributed by atoms with Gasteiger partial charge >= 0.3 is 0 Å². The number of hydrogen-bond donors (Lipinski definition) is 2. The number of fused-ring (bicyclic) bond motifs is 5. The Morgan fingerprint density at radius 2 is 2.00 bits per heavy atom. The number of nitrogens with one attached hydrogen (secondary N) is 1. The van der Waals surface area contributed by atoms with Crippen molar-refractivity contribution in [3.05, 3.63) is 0 Å². The molecule has 1 unspecified atom stereocenters. The van der Waals surface area contributed by atoms with Crippen molar-refractivity contribution < 1.29 is 14.7 Å². The molecule has 0 radical (unpaired) electrons. The highest BCUT2D eigenvalue weighted by Crippen LogP contribution is 2.66. The molecule has 1 aliphatic heterocycles. The fourth-order valence-electron chi connectivity index (χ4n) is 8.14. The van der Waals surface area contributed by atoms with E-state index in [1.807, 2.05) is 0 Å². The normalized spacial score (nSPS) is 49.2. The molecule has 30 heavy (non-hydrogen) atoms. The van der Waals surface area contributed by atoms with Crippen LogP contribution in [0.25, 0.3) is 0 Å². The molecule has 0 spiro atoms. The molecule has 5 nitrogen and oxygen atoms in total. The van der Waals surface area contributed by atoms with Crippen molar-refractivity contribution in [1.82, 2.24) is 5.32 Å². The molecule has 0 bridgehead atoms. The van der Waals surface area contributed by atoms with Crippen molar-refractivity contribution in [3.8, 4) is 0 Å². The van der Waals surface area contributed by atoms with Gasteiger partial charge in [0, 0.05) is 31.4 Å². The SMILES string of the molecule is C[C@]12CCC(=NO[C@@H]3CCNC3)CC1C[C@@H](CO)[C@@H]1[C@@H]2CC[C@]2(C)C(=O)CC[C@@H]12.Cl. The number of rotatable bonds is 3. The van der Waals surface area contributed by atoms with Gasteiger partial charge in [0.25, 0.3) is 0 Å². The van der Waals surface area contributed by atoms with Gasteiger partial charge in [-0.2, -0.15) is 0 Å².